The molecule has 0 aromatic heterocycles. The van der Waals surface area contributed by atoms with Gasteiger partial charge in [-0.1, -0.05) is 159 Å². The van der Waals surface area contributed by atoms with Gasteiger partial charge >= 0.3 is 18.2 Å². The van der Waals surface area contributed by atoms with Crippen LogP contribution < -0.4 is 42.4 Å². The van der Waals surface area contributed by atoms with E-state index in [0.29, 0.717) is 24.0 Å². The van der Waals surface area contributed by atoms with E-state index in [1.165, 1.54) is 56.3 Å². The lowest BCUT2D eigenvalue weighted by molar-refractivity contribution is -0.143. The van der Waals surface area contributed by atoms with Crippen LogP contribution in [0.15, 0.2) is 120 Å². The van der Waals surface area contributed by atoms with Crippen LogP contribution in [0.5, 0.6) is 0 Å². The number of sulfonamides is 1. The first-order chi connectivity index (χ1) is 39.9. The number of amides is 9. The van der Waals surface area contributed by atoms with Crippen molar-refractivity contribution in [3.05, 3.63) is 137 Å². The normalized spacial score (nSPS) is 15.5. The van der Waals surface area contributed by atoms with Crippen LogP contribution in [0.3, 0.4) is 0 Å². The molecule has 0 unspecified atom stereocenters. The number of fused-ring (bicyclic) bond motifs is 3. The van der Waals surface area contributed by atoms with Crippen molar-refractivity contribution in [2.75, 3.05) is 27.2 Å². The van der Waals surface area contributed by atoms with Crippen molar-refractivity contribution in [1.29, 1.82) is 0 Å². The second-order valence-corrected chi connectivity index (χ2v) is 25.9. The zero-order chi connectivity index (χ0) is 62.8. The lowest BCUT2D eigenvalue weighted by atomic mass is 9.78. The number of benzene rings is 4. The van der Waals surface area contributed by atoms with E-state index in [-0.39, 0.29) is 48.3 Å². The predicted molar refractivity (Wildman–Crippen MR) is 322 cm³/mol. The van der Waals surface area contributed by atoms with Gasteiger partial charge in [-0.2, -0.15) is 0 Å². The largest absolute Gasteiger partial charge is 0.449 e. The number of carbonyl (C=O) groups is 8. The molecule has 9 N–H and O–H groups in total. The molecule has 2 aliphatic carbocycles. The molecule has 6 rings (SSSR count). The van der Waals surface area contributed by atoms with Gasteiger partial charge in [0.05, 0.1) is 16.5 Å². The molecule has 0 saturated heterocycles. The third kappa shape index (κ3) is 16.3. The highest BCUT2D eigenvalue weighted by Gasteiger charge is 2.48. The van der Waals surface area contributed by atoms with E-state index in [2.05, 4.69) is 36.6 Å². The first kappa shape index (κ1) is 65.9. The molecule has 22 heteroatoms. The van der Waals surface area contributed by atoms with E-state index in [4.69, 9.17) is 15.2 Å². The Bertz CT molecular complexity index is 3200. The van der Waals surface area contributed by atoms with Crippen LogP contribution >= 0.6 is 0 Å². The van der Waals surface area contributed by atoms with E-state index < -0.39 is 110 Å². The molecule has 5 atom stereocenters. The predicted octanol–water partition coefficient (Wildman–Crippen LogP) is 6.76. The van der Waals surface area contributed by atoms with Gasteiger partial charge < -0.3 is 52.0 Å². The standard InChI is InChI=1S/C63H83N9O12S/c1-37(2)49(72(12)57(77)51(61(6,7)8)69-56(76)52(84-59(79)65-11)62(9,10)40-21-14-13-15-22-40)35-39(5)53(73)71-85(81,82)42-30-28-41(29-31-42)63(32-33-63)70-54(74)48(27-20-34-66-58(64)78)67-55(75)50(38(3)4)68-60(80)83-36-47-45-25-18-16-23-43(45)44-24-17-19-26-46(44)47/h13-19,21-26,28-31,35,37-38,47-52H,20,27,32-34,36H2,1-12H3,(H,65,79)(H,67,75)(H,68,80)(H,69,76)(H,70,74)(H,71,73)(H3,64,66,78)/b39-35+/t48-,49-,50-,51-,52-/m1/s1. The van der Waals surface area contributed by atoms with E-state index in [0.717, 1.165) is 22.3 Å². The number of nitrogens with one attached hydrogen (secondary N) is 7. The monoisotopic (exact) mass is 1190 g/mol. The number of ether oxygens (including phenoxy) is 2. The molecule has 1 saturated carbocycles. The van der Waals surface area contributed by atoms with Gasteiger partial charge in [-0.3, -0.25) is 24.0 Å². The summed E-state index contributed by atoms with van der Waals surface area (Å²) in [6.45, 7) is 17.5. The molecule has 0 aliphatic heterocycles. The molecular formula is C63H83N9O12S. The van der Waals surface area contributed by atoms with E-state index in [9.17, 15) is 46.8 Å². The van der Waals surface area contributed by atoms with E-state index in [1.807, 2.05) is 80.6 Å². The molecule has 1 fully saturated rings. The summed E-state index contributed by atoms with van der Waals surface area (Å²) in [5, 5.41) is 16.3. The number of primary amides is 1. The molecule has 0 heterocycles. The number of hydrogen-bond acceptors (Lipinski definition) is 12. The van der Waals surface area contributed by atoms with Crippen molar-refractivity contribution in [3.8, 4) is 11.1 Å². The summed E-state index contributed by atoms with van der Waals surface area (Å²) in [7, 11) is -1.59. The fourth-order valence-corrected chi connectivity index (χ4v) is 11.5. The second kappa shape index (κ2) is 27.6. The number of likely N-dealkylation sites (N-methyl/N-ethyl adjacent to an activating group) is 1. The maximum absolute atomic E-state index is 14.5. The summed E-state index contributed by atoms with van der Waals surface area (Å²) < 4.78 is 41.1. The van der Waals surface area contributed by atoms with Gasteiger partial charge in [-0.05, 0) is 95.4 Å². The van der Waals surface area contributed by atoms with Crippen LogP contribution in [0.25, 0.3) is 11.1 Å². The van der Waals surface area contributed by atoms with Gasteiger partial charge in [-0.25, -0.2) is 27.5 Å². The minimum Gasteiger partial charge on any atom is -0.449 e. The molecule has 0 spiro atoms. The molecule has 4 aromatic carbocycles. The average molecular weight is 1190 g/mol. The highest BCUT2D eigenvalue weighted by atomic mass is 32.2. The van der Waals surface area contributed by atoms with Crippen molar-refractivity contribution < 1.29 is 56.2 Å². The molecule has 21 nitrogen and oxygen atoms in total. The van der Waals surface area contributed by atoms with Gasteiger partial charge in [0.25, 0.3) is 21.8 Å². The number of urea groups is 1. The van der Waals surface area contributed by atoms with Gasteiger partial charge in [0.15, 0.2) is 6.10 Å². The maximum Gasteiger partial charge on any atom is 0.407 e. The van der Waals surface area contributed by atoms with Gasteiger partial charge in [0, 0.05) is 37.5 Å². The Balaban J connectivity index is 1.11. The summed E-state index contributed by atoms with van der Waals surface area (Å²) in [6.07, 6.45) is -0.268. The quantitative estimate of drug-likeness (QED) is 0.0252. The smallest absolute Gasteiger partial charge is 0.407 e. The summed E-state index contributed by atoms with van der Waals surface area (Å²) in [6, 6.07) is 25.6. The van der Waals surface area contributed by atoms with Crippen LogP contribution in [0.4, 0.5) is 14.4 Å². The summed E-state index contributed by atoms with van der Waals surface area (Å²) >= 11 is 0. The molecule has 458 valence electrons. The van der Waals surface area contributed by atoms with Crippen molar-refractivity contribution in [2.45, 2.75) is 147 Å². The Hall–Kier alpha value is -8.27. The Morgan fingerprint density at radius 3 is 1.85 bits per heavy atom. The zero-order valence-corrected chi connectivity index (χ0v) is 51.4. The first-order valence-electron chi connectivity index (χ1n) is 28.6. The molecule has 4 aromatic rings. The Morgan fingerprint density at radius 2 is 1.32 bits per heavy atom. The molecule has 9 amide bonds. The highest BCUT2D eigenvalue weighted by molar-refractivity contribution is 7.90. The topological polar surface area (TPSA) is 303 Å². The van der Waals surface area contributed by atoms with Crippen LogP contribution in [-0.4, -0.2) is 119 Å². The Kier molecular flexibility index (Phi) is 21.4. The highest BCUT2D eigenvalue weighted by Crippen LogP contribution is 2.46. The third-order valence-corrected chi connectivity index (χ3v) is 17.1. The minimum atomic E-state index is -4.48. The number of alkyl carbamates (subject to hydrolysis) is 2. The lowest BCUT2D eigenvalue weighted by Crippen LogP contribution is -2.60. The maximum atomic E-state index is 14.5. The number of nitrogens with zero attached hydrogens (tertiary/aromatic N) is 1. The lowest BCUT2D eigenvalue weighted by Gasteiger charge is -2.39. The molecule has 0 bridgehead atoms. The summed E-state index contributed by atoms with van der Waals surface area (Å²) in [4.78, 5) is 109. The Labute approximate surface area is 498 Å². The molecule has 85 heavy (non-hydrogen) atoms. The van der Waals surface area contributed by atoms with Crippen LogP contribution in [-0.2, 0) is 54.4 Å². The van der Waals surface area contributed by atoms with Crippen molar-refractivity contribution in [3.63, 3.8) is 0 Å². The molecule has 2 aliphatic rings. The molecular weight excluding hydrogens is 1110 g/mol. The summed E-state index contributed by atoms with van der Waals surface area (Å²) in [5.74, 6) is -4.34. The van der Waals surface area contributed by atoms with E-state index >= 15 is 0 Å². The van der Waals surface area contributed by atoms with Gasteiger partial charge in [-0.15, -0.1) is 0 Å². The van der Waals surface area contributed by atoms with Gasteiger partial charge in [0.2, 0.25) is 17.7 Å². The summed E-state index contributed by atoms with van der Waals surface area (Å²) in [5.41, 5.74) is 7.86. The van der Waals surface area contributed by atoms with Crippen LogP contribution in [0.2, 0.25) is 0 Å². The second-order valence-electron chi connectivity index (χ2n) is 24.2. The van der Waals surface area contributed by atoms with Crippen molar-refractivity contribution in [2.24, 2.45) is 23.0 Å². The fraction of sp³-hybridized carbons (Fsp3) is 0.460. The van der Waals surface area contributed by atoms with Crippen molar-refractivity contribution in [1.82, 2.24) is 41.5 Å². The number of rotatable bonds is 25. The van der Waals surface area contributed by atoms with Crippen LogP contribution in [0.1, 0.15) is 123 Å². The first-order valence-corrected chi connectivity index (χ1v) is 30.0. The Morgan fingerprint density at radius 1 is 0.741 bits per heavy atom. The van der Waals surface area contributed by atoms with Gasteiger partial charge in [0.1, 0.15) is 24.7 Å². The average Bonchev–Trinajstić information content (AvgIpc) is 1.87. The minimum absolute atomic E-state index is 0.0158. The third-order valence-electron chi connectivity index (χ3n) is 15.7. The fourth-order valence-electron chi connectivity index (χ4n) is 10.5. The van der Waals surface area contributed by atoms with Crippen LogP contribution in [0, 0.1) is 17.3 Å². The zero-order valence-electron chi connectivity index (χ0n) is 50.6. The van der Waals surface area contributed by atoms with E-state index in [1.54, 1.807) is 60.6 Å². The SMILES string of the molecule is CNC(=O)O[C@H](C(=O)N[C@H](C(=O)N(C)[C@H](/C=C(\C)C(=O)NS(=O)(=O)c1ccc(C2(NC(=O)[C@@H](CCCNC(N)=O)NC(=O)[C@H](NC(=O)OCC3c4ccccc4-c4ccccc43)C(C)C)CC2)cc1)C(C)C)C(C)(C)C)C(C)(C)c1ccccc1. The number of hydrogen-bond donors (Lipinski definition) is 8. The number of nitrogens with two attached hydrogens (primary N) is 1. The number of carbonyl (C=O) groups excluding carboxylic acids is 8. The van der Waals surface area contributed by atoms with Crippen molar-refractivity contribution >= 4 is 57.8 Å². The molecule has 0 radical (unpaired) electrons.